The number of carbonyl (C=O) groups is 2. The highest BCUT2D eigenvalue weighted by atomic mass is 16.5. The van der Waals surface area contributed by atoms with Crippen LogP contribution < -0.4 is 4.74 Å². The van der Waals surface area contributed by atoms with Crippen molar-refractivity contribution in [2.75, 3.05) is 7.11 Å². The van der Waals surface area contributed by atoms with Gasteiger partial charge in [0.15, 0.2) is 0 Å². The number of aliphatic hydroxyl groups is 1. The molecule has 2 aromatic carbocycles. The van der Waals surface area contributed by atoms with Crippen LogP contribution in [-0.2, 0) is 22.4 Å². The Balaban J connectivity index is 1.63. The number of hydrogen-bond donors (Lipinski definition) is 1. The Morgan fingerprint density at radius 1 is 0.938 bits per heavy atom. The van der Waals surface area contributed by atoms with Crippen LogP contribution in [0.5, 0.6) is 5.75 Å². The first kappa shape index (κ1) is 20.8. The first-order valence-corrected chi connectivity index (χ1v) is 11.6. The van der Waals surface area contributed by atoms with Gasteiger partial charge in [0.05, 0.1) is 18.7 Å². The molecule has 2 aromatic rings. The largest absolute Gasteiger partial charge is 0.507 e. The van der Waals surface area contributed by atoms with E-state index in [1.54, 1.807) is 12.0 Å². The van der Waals surface area contributed by atoms with Crippen LogP contribution in [0.3, 0.4) is 0 Å². The van der Waals surface area contributed by atoms with E-state index in [2.05, 4.69) is 6.07 Å². The number of rotatable bonds is 4. The summed E-state index contributed by atoms with van der Waals surface area (Å²) in [6.45, 7) is 0. The highest BCUT2D eigenvalue weighted by molar-refractivity contribution is 6.46. The second kappa shape index (κ2) is 8.45. The van der Waals surface area contributed by atoms with Crippen LogP contribution in [0.4, 0.5) is 0 Å². The molecule has 166 valence electrons. The van der Waals surface area contributed by atoms with Crippen molar-refractivity contribution in [2.24, 2.45) is 0 Å². The number of aryl methyl sites for hydroxylation is 2. The Kier molecular flexibility index (Phi) is 5.50. The van der Waals surface area contributed by atoms with E-state index < -0.39 is 17.7 Å². The molecule has 5 nitrogen and oxygen atoms in total. The number of hydrogen-bond acceptors (Lipinski definition) is 4. The molecular weight excluding hydrogens is 402 g/mol. The molecule has 1 saturated heterocycles. The fraction of sp³-hybridized carbons (Fsp3) is 0.407. The summed E-state index contributed by atoms with van der Waals surface area (Å²) >= 11 is 0. The van der Waals surface area contributed by atoms with Crippen molar-refractivity contribution in [3.05, 3.63) is 70.3 Å². The fourth-order valence-corrected chi connectivity index (χ4v) is 5.56. The molecule has 2 aliphatic carbocycles. The Labute approximate surface area is 188 Å². The number of aliphatic hydroxyl groups excluding tert-OH is 1. The van der Waals surface area contributed by atoms with E-state index in [1.807, 2.05) is 36.4 Å². The molecule has 1 saturated carbocycles. The van der Waals surface area contributed by atoms with Crippen LogP contribution in [-0.4, -0.2) is 34.8 Å². The number of nitrogens with zero attached hydrogens (tertiary/aromatic N) is 1. The number of carbonyl (C=O) groups excluding carboxylic acids is 2. The topological polar surface area (TPSA) is 66.8 Å². The van der Waals surface area contributed by atoms with E-state index in [9.17, 15) is 14.7 Å². The van der Waals surface area contributed by atoms with Crippen LogP contribution in [0, 0.1) is 0 Å². The molecule has 1 aliphatic heterocycles. The lowest BCUT2D eigenvalue weighted by Gasteiger charge is -2.30. The maximum absolute atomic E-state index is 13.2. The molecule has 2 fully saturated rings. The standard InChI is InChI=1S/C27H29NO4/c1-32-22-14-12-18(13-15-22)24-23(26(30)27(31)28(24)21-8-4-5-9-21)25(29)20-11-10-17-6-2-3-7-19(17)16-20/h10-16,21,24,29H,2-9H2,1H3/b25-23-. The van der Waals surface area contributed by atoms with Gasteiger partial charge in [0, 0.05) is 11.6 Å². The summed E-state index contributed by atoms with van der Waals surface area (Å²) in [6, 6.07) is 12.8. The van der Waals surface area contributed by atoms with Crippen LogP contribution in [0.25, 0.3) is 5.76 Å². The highest BCUT2D eigenvalue weighted by Crippen LogP contribution is 2.44. The molecule has 5 rings (SSSR count). The summed E-state index contributed by atoms with van der Waals surface area (Å²) in [6.07, 6.45) is 8.22. The zero-order chi connectivity index (χ0) is 22.2. The van der Waals surface area contributed by atoms with Crippen molar-refractivity contribution in [1.29, 1.82) is 0 Å². The van der Waals surface area contributed by atoms with Crippen molar-refractivity contribution in [3.63, 3.8) is 0 Å². The van der Waals surface area contributed by atoms with E-state index in [-0.39, 0.29) is 17.4 Å². The maximum Gasteiger partial charge on any atom is 0.295 e. The van der Waals surface area contributed by atoms with E-state index in [0.29, 0.717) is 11.3 Å². The third-order valence-electron chi connectivity index (χ3n) is 7.25. The number of ether oxygens (including phenoxy) is 1. The second-order valence-corrected chi connectivity index (χ2v) is 9.11. The van der Waals surface area contributed by atoms with Gasteiger partial charge in [-0.25, -0.2) is 0 Å². The van der Waals surface area contributed by atoms with Crippen molar-refractivity contribution in [1.82, 2.24) is 4.90 Å². The first-order chi connectivity index (χ1) is 15.6. The minimum atomic E-state index is -0.590. The molecule has 1 amide bonds. The summed E-state index contributed by atoms with van der Waals surface area (Å²) in [5.74, 6) is -0.454. The number of Topliss-reactive ketones (excluding diaryl/α,β-unsaturated/α-hetero) is 1. The first-order valence-electron chi connectivity index (χ1n) is 11.6. The second-order valence-electron chi connectivity index (χ2n) is 9.11. The van der Waals surface area contributed by atoms with Gasteiger partial charge in [-0.15, -0.1) is 0 Å². The summed E-state index contributed by atoms with van der Waals surface area (Å²) in [5, 5.41) is 11.4. The third kappa shape index (κ3) is 3.50. The van der Waals surface area contributed by atoms with Gasteiger partial charge in [-0.05, 0) is 73.4 Å². The third-order valence-corrected chi connectivity index (χ3v) is 7.25. The fourth-order valence-electron chi connectivity index (χ4n) is 5.56. The lowest BCUT2D eigenvalue weighted by atomic mass is 9.88. The van der Waals surface area contributed by atoms with Gasteiger partial charge in [-0.3, -0.25) is 9.59 Å². The maximum atomic E-state index is 13.2. The Morgan fingerprint density at radius 2 is 1.62 bits per heavy atom. The molecule has 0 radical (unpaired) electrons. The van der Waals surface area contributed by atoms with Crippen LogP contribution >= 0.6 is 0 Å². The highest BCUT2D eigenvalue weighted by Gasteiger charge is 2.49. The van der Waals surface area contributed by atoms with Gasteiger partial charge in [0.25, 0.3) is 11.7 Å². The van der Waals surface area contributed by atoms with Gasteiger partial charge in [-0.1, -0.05) is 37.1 Å². The molecule has 1 heterocycles. The summed E-state index contributed by atoms with van der Waals surface area (Å²) < 4.78 is 5.29. The van der Waals surface area contributed by atoms with Crippen LogP contribution in [0.15, 0.2) is 48.0 Å². The molecule has 1 unspecified atom stereocenters. The molecule has 0 aromatic heterocycles. The molecule has 1 N–H and O–H groups in total. The summed E-state index contributed by atoms with van der Waals surface area (Å²) in [5.41, 5.74) is 4.17. The number of amides is 1. The molecule has 0 bridgehead atoms. The zero-order valence-electron chi connectivity index (χ0n) is 18.5. The minimum absolute atomic E-state index is 0.0207. The normalized spacial score (nSPS) is 22.9. The smallest absolute Gasteiger partial charge is 0.295 e. The Morgan fingerprint density at radius 3 is 2.31 bits per heavy atom. The number of methoxy groups -OCH3 is 1. The Bertz CT molecular complexity index is 1080. The van der Waals surface area contributed by atoms with Crippen molar-refractivity contribution < 1.29 is 19.4 Å². The number of benzene rings is 2. The van der Waals surface area contributed by atoms with Gasteiger partial charge in [0.1, 0.15) is 11.5 Å². The Hall–Kier alpha value is -3.08. The van der Waals surface area contributed by atoms with Gasteiger partial charge in [0.2, 0.25) is 0 Å². The molecule has 3 aliphatic rings. The van der Waals surface area contributed by atoms with E-state index in [1.165, 1.54) is 17.5 Å². The lowest BCUT2D eigenvalue weighted by molar-refractivity contribution is -0.141. The predicted octanol–water partition coefficient (Wildman–Crippen LogP) is 4.94. The number of ketones is 1. The summed E-state index contributed by atoms with van der Waals surface area (Å²) in [7, 11) is 1.61. The number of fused-ring (bicyclic) bond motifs is 1. The van der Waals surface area contributed by atoms with Crippen molar-refractivity contribution in [2.45, 2.75) is 63.5 Å². The zero-order valence-corrected chi connectivity index (χ0v) is 18.5. The molecule has 1 atom stereocenters. The molecule has 32 heavy (non-hydrogen) atoms. The van der Waals surface area contributed by atoms with Crippen molar-refractivity contribution >= 4 is 17.4 Å². The average Bonchev–Trinajstić information content (AvgIpc) is 3.45. The van der Waals surface area contributed by atoms with E-state index in [4.69, 9.17) is 4.74 Å². The predicted molar refractivity (Wildman–Crippen MR) is 122 cm³/mol. The molecule has 5 heteroatoms. The van der Waals surface area contributed by atoms with Gasteiger partial charge in [-0.2, -0.15) is 0 Å². The van der Waals surface area contributed by atoms with E-state index >= 15 is 0 Å². The SMILES string of the molecule is COc1ccc(C2/C(=C(/O)c3ccc4c(c3)CCCC4)C(=O)C(=O)N2C2CCCC2)cc1. The van der Waals surface area contributed by atoms with E-state index in [0.717, 1.165) is 50.5 Å². The molecule has 0 spiro atoms. The van der Waals surface area contributed by atoms with Crippen molar-refractivity contribution in [3.8, 4) is 5.75 Å². The quantitative estimate of drug-likeness (QED) is 0.423. The number of likely N-dealkylation sites (tertiary alicyclic amines) is 1. The molecular formula is C27H29NO4. The average molecular weight is 432 g/mol. The van der Waals surface area contributed by atoms with Gasteiger partial charge >= 0.3 is 0 Å². The monoisotopic (exact) mass is 431 g/mol. The van der Waals surface area contributed by atoms with Crippen LogP contribution in [0.2, 0.25) is 0 Å². The van der Waals surface area contributed by atoms with Gasteiger partial charge < -0.3 is 14.7 Å². The van der Waals surface area contributed by atoms with Crippen LogP contribution in [0.1, 0.15) is 66.8 Å². The minimum Gasteiger partial charge on any atom is -0.507 e. The summed E-state index contributed by atoms with van der Waals surface area (Å²) in [4.78, 5) is 28.2. The lowest BCUT2D eigenvalue weighted by Crippen LogP contribution is -2.37.